The summed E-state index contributed by atoms with van der Waals surface area (Å²) in [5.74, 6) is 0.159. The second kappa shape index (κ2) is 7.99. The summed E-state index contributed by atoms with van der Waals surface area (Å²) < 4.78 is 5.36. The molecule has 0 aliphatic carbocycles. The highest BCUT2D eigenvalue weighted by Crippen LogP contribution is 2.25. The van der Waals surface area contributed by atoms with Gasteiger partial charge in [-0.3, -0.25) is 0 Å². The van der Waals surface area contributed by atoms with E-state index in [0.717, 1.165) is 6.42 Å². The van der Waals surface area contributed by atoms with E-state index >= 15 is 0 Å². The molecular weight excluding hydrogens is 268 g/mol. The number of amides is 2. The fourth-order valence-corrected chi connectivity index (χ4v) is 2.46. The van der Waals surface area contributed by atoms with Crippen molar-refractivity contribution in [3.8, 4) is 0 Å². The van der Waals surface area contributed by atoms with Crippen LogP contribution in [-0.4, -0.2) is 42.5 Å². The van der Waals surface area contributed by atoms with Crippen molar-refractivity contribution < 1.29 is 14.6 Å². The lowest BCUT2D eigenvalue weighted by molar-refractivity contribution is 0.00887. The number of carbonyl (C=O) groups excluding carboxylic acids is 1. The molecule has 126 valence electrons. The Morgan fingerprint density at radius 2 is 1.71 bits per heavy atom. The quantitative estimate of drug-likeness (QED) is 0.645. The number of urea groups is 1. The van der Waals surface area contributed by atoms with Crippen LogP contribution < -0.4 is 10.6 Å². The molecule has 21 heavy (non-hydrogen) atoms. The molecule has 0 aliphatic rings. The first-order valence-electron chi connectivity index (χ1n) is 7.69. The summed E-state index contributed by atoms with van der Waals surface area (Å²) in [5.41, 5.74) is -0.625. The average molecular weight is 302 g/mol. The molecule has 0 aromatic rings. The van der Waals surface area contributed by atoms with E-state index < -0.39 is 6.10 Å². The molecule has 0 fully saturated rings. The van der Waals surface area contributed by atoms with Crippen LogP contribution >= 0.6 is 0 Å². The third-order valence-corrected chi connectivity index (χ3v) is 3.86. The summed E-state index contributed by atoms with van der Waals surface area (Å²) in [4.78, 5) is 11.9. The molecule has 0 radical (unpaired) electrons. The molecule has 2 unspecified atom stereocenters. The van der Waals surface area contributed by atoms with Crippen molar-refractivity contribution in [1.82, 2.24) is 10.6 Å². The predicted molar refractivity (Wildman–Crippen MR) is 86.3 cm³/mol. The van der Waals surface area contributed by atoms with E-state index in [9.17, 15) is 9.90 Å². The molecule has 5 nitrogen and oxygen atoms in total. The average Bonchev–Trinajstić information content (AvgIpc) is 2.34. The monoisotopic (exact) mass is 302 g/mol. The fourth-order valence-electron chi connectivity index (χ4n) is 2.46. The summed E-state index contributed by atoms with van der Waals surface area (Å²) in [5, 5.41) is 15.9. The summed E-state index contributed by atoms with van der Waals surface area (Å²) in [7, 11) is 1.67. The predicted octanol–water partition coefficient (Wildman–Crippen LogP) is 2.53. The van der Waals surface area contributed by atoms with Gasteiger partial charge < -0.3 is 20.5 Å². The molecule has 0 aromatic heterocycles. The lowest BCUT2D eigenvalue weighted by atomic mass is 9.81. The minimum absolute atomic E-state index is 0.0121. The third kappa shape index (κ3) is 7.67. The number of aliphatic hydroxyl groups is 1. The second-order valence-corrected chi connectivity index (χ2v) is 7.57. The summed E-state index contributed by atoms with van der Waals surface area (Å²) in [6, 6.07) is -0.198. The third-order valence-electron chi connectivity index (χ3n) is 3.86. The Bertz CT molecular complexity index is 327. The maximum atomic E-state index is 11.9. The van der Waals surface area contributed by atoms with Crippen LogP contribution in [0.25, 0.3) is 0 Å². The van der Waals surface area contributed by atoms with E-state index in [1.165, 1.54) is 0 Å². The van der Waals surface area contributed by atoms with Crippen LogP contribution in [0, 0.1) is 11.3 Å². The molecule has 0 saturated heterocycles. The van der Waals surface area contributed by atoms with Crippen LogP contribution in [0.2, 0.25) is 0 Å². The van der Waals surface area contributed by atoms with E-state index in [1.807, 2.05) is 48.5 Å². The molecule has 0 aliphatic heterocycles. The Balaban J connectivity index is 4.27. The van der Waals surface area contributed by atoms with E-state index in [1.54, 1.807) is 7.11 Å². The second-order valence-electron chi connectivity index (χ2n) is 7.57. The van der Waals surface area contributed by atoms with Crippen LogP contribution in [0.5, 0.6) is 0 Å². The normalized spacial score (nSPS) is 15.7. The van der Waals surface area contributed by atoms with Gasteiger partial charge in [0.25, 0.3) is 0 Å². The van der Waals surface area contributed by atoms with E-state index in [-0.39, 0.29) is 29.0 Å². The highest BCUT2D eigenvalue weighted by molar-refractivity contribution is 5.74. The molecule has 0 heterocycles. The lowest BCUT2D eigenvalue weighted by Crippen LogP contribution is -2.49. The molecule has 0 saturated carbocycles. The molecule has 0 aromatic carbocycles. The smallest absolute Gasteiger partial charge is 0.315 e. The Hall–Kier alpha value is -0.810. The van der Waals surface area contributed by atoms with Crippen LogP contribution in [0.4, 0.5) is 4.79 Å². The van der Waals surface area contributed by atoms with Crippen molar-refractivity contribution in [3.63, 3.8) is 0 Å². The van der Waals surface area contributed by atoms with E-state index in [2.05, 4.69) is 10.6 Å². The Kier molecular flexibility index (Phi) is 7.68. The lowest BCUT2D eigenvalue weighted by Gasteiger charge is -2.33. The first-order valence-corrected chi connectivity index (χ1v) is 7.69. The number of carbonyl (C=O) groups is 1. The Labute approximate surface area is 129 Å². The summed E-state index contributed by atoms with van der Waals surface area (Å²) in [6.45, 7) is 14.2. The number of aliphatic hydroxyl groups excluding tert-OH is 1. The highest BCUT2D eigenvalue weighted by atomic mass is 16.5. The molecule has 5 heteroatoms. The molecular formula is C16H34N2O3. The SMILES string of the molecule is COC(C)(C)CC(C)NC(=O)NCC(C)(C)C(O)C(C)C. The maximum Gasteiger partial charge on any atom is 0.315 e. The van der Waals surface area contributed by atoms with Crippen LogP contribution in [0.3, 0.4) is 0 Å². The number of nitrogens with one attached hydrogen (secondary N) is 2. The van der Waals surface area contributed by atoms with Crippen LogP contribution in [0.15, 0.2) is 0 Å². The zero-order chi connectivity index (χ0) is 16.8. The highest BCUT2D eigenvalue weighted by Gasteiger charge is 2.30. The van der Waals surface area contributed by atoms with Crippen molar-refractivity contribution in [3.05, 3.63) is 0 Å². The zero-order valence-electron chi connectivity index (χ0n) is 14.9. The number of ether oxygens (including phenoxy) is 1. The van der Waals surface area contributed by atoms with Gasteiger partial charge in [-0.1, -0.05) is 27.7 Å². The topological polar surface area (TPSA) is 70.6 Å². The molecule has 0 rings (SSSR count). The van der Waals surface area contributed by atoms with Gasteiger partial charge in [0.2, 0.25) is 0 Å². The Morgan fingerprint density at radius 1 is 1.19 bits per heavy atom. The van der Waals surface area contributed by atoms with Gasteiger partial charge in [-0.25, -0.2) is 4.79 Å². The Morgan fingerprint density at radius 3 is 2.14 bits per heavy atom. The number of rotatable bonds is 8. The van der Waals surface area contributed by atoms with Gasteiger partial charge in [-0.15, -0.1) is 0 Å². The van der Waals surface area contributed by atoms with Crippen molar-refractivity contribution in [1.29, 1.82) is 0 Å². The number of hydrogen-bond donors (Lipinski definition) is 3. The minimum atomic E-state index is -0.456. The van der Waals surface area contributed by atoms with Crippen molar-refractivity contribution in [2.75, 3.05) is 13.7 Å². The maximum absolute atomic E-state index is 11.9. The van der Waals surface area contributed by atoms with Gasteiger partial charge in [0, 0.05) is 25.1 Å². The minimum Gasteiger partial charge on any atom is -0.392 e. The zero-order valence-corrected chi connectivity index (χ0v) is 14.9. The number of methoxy groups -OCH3 is 1. The van der Waals surface area contributed by atoms with Crippen molar-refractivity contribution in [2.45, 2.75) is 72.6 Å². The molecule has 3 N–H and O–H groups in total. The van der Waals surface area contributed by atoms with Gasteiger partial charge in [-0.2, -0.15) is 0 Å². The van der Waals surface area contributed by atoms with E-state index in [4.69, 9.17) is 4.74 Å². The number of hydrogen-bond acceptors (Lipinski definition) is 3. The van der Waals surface area contributed by atoms with Crippen LogP contribution in [-0.2, 0) is 4.74 Å². The van der Waals surface area contributed by atoms with Gasteiger partial charge in [0.05, 0.1) is 11.7 Å². The molecule has 2 atom stereocenters. The standard InChI is InChI=1S/C16H34N2O3/c1-11(2)13(19)15(4,5)10-17-14(20)18-12(3)9-16(6,7)21-8/h11-13,19H,9-10H2,1-8H3,(H2,17,18,20). The van der Waals surface area contributed by atoms with Crippen molar-refractivity contribution in [2.24, 2.45) is 11.3 Å². The molecule has 2 amide bonds. The molecule has 0 bridgehead atoms. The fraction of sp³-hybridized carbons (Fsp3) is 0.938. The van der Waals surface area contributed by atoms with Gasteiger partial charge in [-0.05, 0) is 33.1 Å². The first-order chi connectivity index (χ1) is 9.41. The van der Waals surface area contributed by atoms with E-state index in [0.29, 0.717) is 6.54 Å². The van der Waals surface area contributed by atoms with Gasteiger partial charge in [0.1, 0.15) is 0 Å². The van der Waals surface area contributed by atoms with Crippen LogP contribution in [0.1, 0.15) is 54.9 Å². The van der Waals surface area contributed by atoms with Gasteiger partial charge in [0.15, 0.2) is 0 Å². The van der Waals surface area contributed by atoms with Crippen molar-refractivity contribution >= 4 is 6.03 Å². The summed E-state index contributed by atoms with van der Waals surface area (Å²) >= 11 is 0. The first kappa shape index (κ1) is 20.2. The molecule has 0 spiro atoms. The summed E-state index contributed by atoms with van der Waals surface area (Å²) in [6.07, 6.45) is 0.275. The van der Waals surface area contributed by atoms with Gasteiger partial charge >= 0.3 is 6.03 Å². The largest absolute Gasteiger partial charge is 0.392 e.